The van der Waals surface area contributed by atoms with Crippen LogP contribution in [0.3, 0.4) is 0 Å². The molecule has 4 fully saturated rings. The van der Waals surface area contributed by atoms with Gasteiger partial charge in [-0.05, 0) is 55.3 Å². The van der Waals surface area contributed by atoms with Crippen LogP contribution in [0.2, 0.25) is 0 Å². The van der Waals surface area contributed by atoms with Gasteiger partial charge in [0.1, 0.15) is 6.04 Å². The Kier molecular flexibility index (Phi) is 4.44. The first kappa shape index (κ1) is 17.8. The maximum atomic E-state index is 12.9. The van der Waals surface area contributed by atoms with E-state index in [1.165, 1.54) is 19.3 Å². The number of nitrogens with one attached hydrogen (secondary N) is 3. The van der Waals surface area contributed by atoms with Crippen LogP contribution in [0, 0.1) is 5.92 Å². The van der Waals surface area contributed by atoms with Gasteiger partial charge in [-0.3, -0.25) is 19.7 Å². The largest absolute Gasteiger partial charge is 0.322 e. The number of hydrogen-bond acceptors (Lipinski definition) is 5. The number of benzene rings is 1. The summed E-state index contributed by atoms with van der Waals surface area (Å²) in [5, 5.41) is 9.46. The average molecular weight is 382 g/mol. The number of carbonyl (C=O) groups is 3. The second kappa shape index (κ2) is 6.97. The molecule has 28 heavy (non-hydrogen) atoms. The van der Waals surface area contributed by atoms with E-state index in [1.54, 1.807) is 4.90 Å². The van der Waals surface area contributed by atoms with Crippen LogP contribution in [0.15, 0.2) is 18.2 Å². The Labute approximate surface area is 164 Å². The van der Waals surface area contributed by atoms with Crippen molar-refractivity contribution in [1.82, 2.24) is 20.9 Å². The molecule has 2 bridgehead atoms. The molecule has 1 saturated carbocycles. The fraction of sp³-hybridized carbons (Fsp3) is 0.571. The molecule has 0 radical (unpaired) electrons. The minimum absolute atomic E-state index is 0.107. The molecule has 5 aliphatic rings. The standard InChI is InChI=1S/C21H26N4O3/c26-19-4-3-18(20(27)24-19)25-11-14-2-1-12(7-17(14)21(25)28)9-22-10-13-5-15-8-16(6-13)23-15/h1-2,7,13,15-16,18,22-23H,3-6,8-11H2,(H,24,26,27)/t13?,15-,16+,18?. The highest BCUT2D eigenvalue weighted by Gasteiger charge is 2.39. The highest BCUT2D eigenvalue weighted by atomic mass is 16.2. The highest BCUT2D eigenvalue weighted by molar-refractivity contribution is 6.05. The zero-order valence-electron chi connectivity index (χ0n) is 15.9. The van der Waals surface area contributed by atoms with E-state index in [0.717, 1.165) is 42.2 Å². The van der Waals surface area contributed by atoms with Crippen LogP contribution in [0.25, 0.3) is 0 Å². The summed E-state index contributed by atoms with van der Waals surface area (Å²) in [6, 6.07) is 6.91. The minimum Gasteiger partial charge on any atom is -0.322 e. The van der Waals surface area contributed by atoms with Gasteiger partial charge >= 0.3 is 0 Å². The van der Waals surface area contributed by atoms with Crippen LogP contribution in [-0.2, 0) is 22.7 Å². The van der Waals surface area contributed by atoms with Crippen molar-refractivity contribution in [2.24, 2.45) is 5.92 Å². The normalized spacial score (nSPS) is 31.4. The van der Waals surface area contributed by atoms with Crippen molar-refractivity contribution in [3.63, 3.8) is 0 Å². The van der Waals surface area contributed by atoms with E-state index in [1.807, 2.05) is 12.1 Å². The van der Waals surface area contributed by atoms with Crippen LogP contribution >= 0.6 is 0 Å². The maximum absolute atomic E-state index is 12.9. The second-order valence-corrected chi connectivity index (χ2v) is 8.66. The summed E-state index contributed by atoms with van der Waals surface area (Å²) < 4.78 is 0. The molecule has 3 amide bonds. The van der Waals surface area contributed by atoms with Gasteiger partial charge in [0, 0.05) is 37.2 Å². The zero-order chi connectivity index (χ0) is 19.3. The van der Waals surface area contributed by atoms with Crippen LogP contribution in [-0.4, -0.2) is 47.3 Å². The Bertz CT molecular complexity index is 823. The maximum Gasteiger partial charge on any atom is 0.255 e. The third-order valence-electron chi connectivity index (χ3n) is 6.63. The van der Waals surface area contributed by atoms with Crippen molar-refractivity contribution >= 4 is 17.7 Å². The number of nitrogens with zero attached hydrogens (tertiary/aromatic N) is 1. The van der Waals surface area contributed by atoms with Crippen molar-refractivity contribution < 1.29 is 14.4 Å². The molecule has 3 saturated heterocycles. The minimum atomic E-state index is -0.550. The van der Waals surface area contributed by atoms with Crippen LogP contribution in [0.1, 0.15) is 53.6 Å². The first-order valence-electron chi connectivity index (χ1n) is 10.3. The van der Waals surface area contributed by atoms with Crippen molar-refractivity contribution in [3.8, 4) is 0 Å². The SMILES string of the molecule is O=C1CCC(N2Cc3ccc(CNCC4C[C@@H]5C[C@H](C4)N5)cc3C2=O)C(=O)N1. The van der Waals surface area contributed by atoms with Gasteiger partial charge in [-0.25, -0.2) is 0 Å². The molecule has 2 unspecified atom stereocenters. The first-order valence-corrected chi connectivity index (χ1v) is 10.3. The predicted molar refractivity (Wildman–Crippen MR) is 102 cm³/mol. The lowest BCUT2D eigenvalue weighted by molar-refractivity contribution is -0.136. The Hall–Kier alpha value is -2.25. The van der Waals surface area contributed by atoms with Gasteiger partial charge in [0.2, 0.25) is 11.8 Å². The van der Waals surface area contributed by atoms with E-state index in [0.29, 0.717) is 18.5 Å². The number of hydrogen-bond donors (Lipinski definition) is 3. The summed E-state index contributed by atoms with van der Waals surface area (Å²) in [5.74, 6) is 0.0120. The number of carbonyl (C=O) groups excluding carboxylic acids is 3. The lowest BCUT2D eigenvalue weighted by Crippen LogP contribution is -2.58. The number of rotatable bonds is 5. The van der Waals surface area contributed by atoms with Crippen molar-refractivity contribution in [2.45, 2.75) is 63.3 Å². The smallest absolute Gasteiger partial charge is 0.255 e. The lowest BCUT2D eigenvalue weighted by atomic mass is 9.76. The van der Waals surface area contributed by atoms with Crippen LogP contribution < -0.4 is 16.0 Å². The van der Waals surface area contributed by atoms with Gasteiger partial charge in [0.25, 0.3) is 5.91 Å². The molecule has 0 spiro atoms. The van der Waals surface area contributed by atoms with E-state index in [-0.39, 0.29) is 24.1 Å². The van der Waals surface area contributed by atoms with Crippen molar-refractivity contribution in [2.75, 3.05) is 6.54 Å². The molecule has 6 rings (SSSR count). The molecular weight excluding hydrogens is 356 g/mol. The fourth-order valence-electron chi connectivity index (χ4n) is 5.18. The van der Waals surface area contributed by atoms with Gasteiger partial charge in [-0.1, -0.05) is 12.1 Å². The molecule has 3 N–H and O–H groups in total. The summed E-state index contributed by atoms with van der Waals surface area (Å²) in [5.41, 5.74) is 2.74. The zero-order valence-corrected chi connectivity index (χ0v) is 15.9. The van der Waals surface area contributed by atoms with Crippen LogP contribution in [0.5, 0.6) is 0 Å². The highest BCUT2D eigenvalue weighted by Crippen LogP contribution is 2.32. The predicted octanol–water partition coefficient (Wildman–Crippen LogP) is 0.678. The number of fused-ring (bicyclic) bond motifs is 3. The first-order chi connectivity index (χ1) is 13.6. The molecule has 4 atom stereocenters. The molecule has 0 aromatic heterocycles. The monoisotopic (exact) mass is 382 g/mol. The summed E-state index contributed by atoms with van der Waals surface area (Å²) >= 11 is 0. The third-order valence-corrected chi connectivity index (χ3v) is 6.63. The number of amides is 3. The van der Waals surface area contributed by atoms with Crippen LogP contribution in [0.4, 0.5) is 0 Å². The topological polar surface area (TPSA) is 90.5 Å². The quantitative estimate of drug-likeness (QED) is 0.652. The Morgan fingerprint density at radius 3 is 2.64 bits per heavy atom. The summed E-state index contributed by atoms with van der Waals surface area (Å²) in [7, 11) is 0. The molecule has 4 heterocycles. The van der Waals surface area contributed by atoms with E-state index >= 15 is 0 Å². The molecule has 7 nitrogen and oxygen atoms in total. The van der Waals surface area contributed by atoms with E-state index < -0.39 is 6.04 Å². The van der Waals surface area contributed by atoms with E-state index in [9.17, 15) is 14.4 Å². The molecule has 4 aliphatic heterocycles. The Morgan fingerprint density at radius 1 is 1.11 bits per heavy atom. The number of piperidine rings is 2. The Morgan fingerprint density at radius 2 is 1.89 bits per heavy atom. The molecule has 1 aromatic rings. The fourth-order valence-corrected chi connectivity index (χ4v) is 5.18. The van der Waals surface area contributed by atoms with Gasteiger partial charge in [-0.15, -0.1) is 0 Å². The molecule has 148 valence electrons. The summed E-state index contributed by atoms with van der Waals surface area (Å²) in [4.78, 5) is 38.0. The van der Waals surface area contributed by atoms with Crippen molar-refractivity contribution in [3.05, 3.63) is 34.9 Å². The van der Waals surface area contributed by atoms with Crippen molar-refractivity contribution in [1.29, 1.82) is 0 Å². The number of imide groups is 1. The second-order valence-electron chi connectivity index (χ2n) is 8.66. The van der Waals surface area contributed by atoms with Gasteiger partial charge in [0.05, 0.1) is 0 Å². The molecule has 1 aliphatic carbocycles. The summed E-state index contributed by atoms with van der Waals surface area (Å²) in [6.07, 6.45) is 4.54. The summed E-state index contributed by atoms with van der Waals surface area (Å²) in [6.45, 7) is 2.20. The molecule has 1 aromatic carbocycles. The Balaban J connectivity index is 1.20. The van der Waals surface area contributed by atoms with E-state index in [2.05, 4.69) is 22.0 Å². The molecular formula is C21H26N4O3. The lowest BCUT2D eigenvalue weighted by Gasteiger charge is -2.46. The third kappa shape index (κ3) is 3.22. The van der Waals surface area contributed by atoms with E-state index in [4.69, 9.17) is 0 Å². The average Bonchev–Trinajstić information content (AvgIpc) is 2.98. The van der Waals surface area contributed by atoms with Gasteiger partial charge in [-0.2, -0.15) is 0 Å². The molecule has 7 heteroatoms. The van der Waals surface area contributed by atoms with Gasteiger partial charge in [0.15, 0.2) is 0 Å². The van der Waals surface area contributed by atoms with Gasteiger partial charge < -0.3 is 15.5 Å².